The van der Waals surface area contributed by atoms with Gasteiger partial charge in [0, 0.05) is 37.6 Å². The van der Waals surface area contributed by atoms with E-state index >= 15 is 0 Å². The summed E-state index contributed by atoms with van der Waals surface area (Å²) in [5.74, 6) is 0.367. The van der Waals surface area contributed by atoms with Gasteiger partial charge in [-0.2, -0.15) is 4.31 Å². The number of sulfonamides is 1. The van der Waals surface area contributed by atoms with E-state index in [2.05, 4.69) is 9.97 Å². The Balaban J connectivity index is 1.70. The average molecular weight is 621 g/mol. The topological polar surface area (TPSA) is 151 Å². The number of nitro benzene ring substituents is 1. The second-order valence-electron chi connectivity index (χ2n) is 9.96. The number of carbonyl (C=O) groups excluding carboxylic acids is 1. The lowest BCUT2D eigenvalue weighted by atomic mass is 10.2. The molecule has 0 saturated carbocycles. The van der Waals surface area contributed by atoms with Crippen LogP contribution in [-0.4, -0.2) is 53.1 Å². The van der Waals surface area contributed by atoms with Gasteiger partial charge in [0.15, 0.2) is 11.9 Å². The van der Waals surface area contributed by atoms with Gasteiger partial charge >= 0.3 is 5.97 Å². The molecule has 0 saturated heterocycles. The maximum atomic E-state index is 14.4. The highest BCUT2D eigenvalue weighted by atomic mass is 32.2. The Hall–Kier alpha value is -4.88. The Morgan fingerprint density at radius 1 is 0.864 bits per heavy atom. The van der Waals surface area contributed by atoms with Crippen LogP contribution in [0.3, 0.4) is 0 Å². The van der Waals surface area contributed by atoms with Crippen LogP contribution >= 0.6 is 0 Å². The first-order valence-corrected chi connectivity index (χ1v) is 15.0. The maximum Gasteiger partial charge on any atom is 0.338 e. The van der Waals surface area contributed by atoms with Crippen LogP contribution in [0.4, 0.5) is 5.69 Å². The van der Waals surface area contributed by atoms with E-state index in [1.54, 1.807) is 69.7 Å². The Morgan fingerprint density at radius 3 is 1.77 bits per heavy atom. The van der Waals surface area contributed by atoms with Crippen molar-refractivity contribution in [1.82, 2.24) is 14.3 Å². The fourth-order valence-corrected chi connectivity index (χ4v) is 5.92. The Bertz CT molecular complexity index is 1630. The van der Waals surface area contributed by atoms with Crippen molar-refractivity contribution in [3.8, 4) is 11.5 Å². The van der Waals surface area contributed by atoms with E-state index in [4.69, 9.17) is 14.2 Å². The van der Waals surface area contributed by atoms with Crippen molar-refractivity contribution in [2.45, 2.75) is 38.3 Å². The van der Waals surface area contributed by atoms with Gasteiger partial charge in [0.05, 0.1) is 24.7 Å². The van der Waals surface area contributed by atoms with Crippen LogP contribution in [0.1, 0.15) is 45.9 Å². The molecule has 0 aliphatic heterocycles. The molecule has 0 bridgehead atoms. The molecule has 0 N–H and O–H groups in total. The number of hydrogen-bond acceptors (Lipinski definition) is 10. The molecule has 0 amide bonds. The van der Waals surface area contributed by atoms with Gasteiger partial charge in [-0.15, -0.1) is 0 Å². The van der Waals surface area contributed by atoms with Crippen LogP contribution in [0.2, 0.25) is 0 Å². The summed E-state index contributed by atoms with van der Waals surface area (Å²) in [4.78, 5) is 32.2. The summed E-state index contributed by atoms with van der Waals surface area (Å²) in [5.41, 5.74) is 1.95. The number of aryl methyl sites for hydroxylation is 1. The first-order chi connectivity index (χ1) is 21.0. The van der Waals surface area contributed by atoms with E-state index in [9.17, 15) is 23.3 Å². The van der Waals surface area contributed by atoms with E-state index in [0.717, 1.165) is 5.56 Å². The summed E-state index contributed by atoms with van der Waals surface area (Å²) in [6.45, 7) is 3.23. The number of carbonyl (C=O) groups is 1. The summed E-state index contributed by atoms with van der Waals surface area (Å²) < 4.78 is 46.3. The maximum absolute atomic E-state index is 14.4. The summed E-state index contributed by atoms with van der Waals surface area (Å²) in [6.07, 6.45) is 1.60. The van der Waals surface area contributed by atoms with Gasteiger partial charge in [-0.25, -0.2) is 23.2 Å². The number of methoxy groups -OCH3 is 2. The van der Waals surface area contributed by atoms with Crippen LogP contribution in [0.5, 0.6) is 11.5 Å². The Kier molecular flexibility index (Phi) is 10.2. The summed E-state index contributed by atoms with van der Waals surface area (Å²) in [7, 11) is -1.12. The molecule has 12 nitrogen and oxygen atoms in total. The van der Waals surface area contributed by atoms with E-state index in [-0.39, 0.29) is 30.2 Å². The second-order valence-corrected chi connectivity index (χ2v) is 12.3. The molecule has 1 heterocycles. The molecule has 44 heavy (non-hydrogen) atoms. The molecule has 0 radical (unpaired) electrons. The number of nitrogens with zero attached hydrogens (tertiary/aromatic N) is 4. The Morgan fingerprint density at radius 2 is 1.34 bits per heavy atom. The van der Waals surface area contributed by atoms with Crippen molar-refractivity contribution in [3.05, 3.63) is 123 Å². The monoisotopic (exact) mass is 620 g/mol. The second kappa shape index (κ2) is 14.1. The summed E-state index contributed by atoms with van der Waals surface area (Å²) in [5, 5.41) is 9.72. The normalized spacial score (nSPS) is 12.8. The van der Waals surface area contributed by atoms with Gasteiger partial charge in [-0.3, -0.25) is 10.1 Å². The zero-order chi connectivity index (χ0) is 31.9. The van der Waals surface area contributed by atoms with Crippen molar-refractivity contribution >= 4 is 21.7 Å². The van der Waals surface area contributed by atoms with Gasteiger partial charge in [0.1, 0.15) is 16.7 Å². The third-order valence-electron chi connectivity index (χ3n) is 6.90. The van der Waals surface area contributed by atoms with Crippen LogP contribution in [-0.2, 0) is 27.8 Å². The molecule has 0 fully saturated rings. The van der Waals surface area contributed by atoms with Crippen LogP contribution in [0, 0.1) is 17.0 Å². The third kappa shape index (κ3) is 7.74. The van der Waals surface area contributed by atoms with Crippen molar-refractivity contribution in [2.75, 3.05) is 14.2 Å². The molecular formula is C31H32N4O8S. The number of rotatable bonds is 13. The number of benzene rings is 3. The van der Waals surface area contributed by atoms with Gasteiger partial charge in [0.2, 0.25) is 10.0 Å². The van der Waals surface area contributed by atoms with E-state index in [1.165, 1.54) is 47.9 Å². The number of esters is 1. The number of aromatic nitrogens is 2. The van der Waals surface area contributed by atoms with Crippen LogP contribution in [0.25, 0.3) is 0 Å². The first-order valence-electron chi connectivity index (χ1n) is 13.5. The van der Waals surface area contributed by atoms with Crippen LogP contribution < -0.4 is 9.47 Å². The fraction of sp³-hybridized carbons (Fsp3) is 0.258. The van der Waals surface area contributed by atoms with Crippen molar-refractivity contribution in [3.63, 3.8) is 0 Å². The first kappa shape index (κ1) is 32.0. The largest absolute Gasteiger partial charge is 0.497 e. The lowest BCUT2D eigenvalue weighted by molar-refractivity contribution is -0.384. The van der Waals surface area contributed by atoms with Crippen LogP contribution in [0.15, 0.2) is 85.2 Å². The molecule has 1 aromatic heterocycles. The highest BCUT2D eigenvalue weighted by Gasteiger charge is 2.39. The summed E-state index contributed by atoms with van der Waals surface area (Å²) in [6, 6.07) is 18.9. The molecule has 3 aromatic carbocycles. The number of nitro groups is 1. The standard InChI is InChI=1S/C31H32N4O8S/c1-21-17-32-30(33-18-21)29(43-31(36)25-9-11-26(12-10-25)35(37)38)22(2)44(39,40)34(19-23-5-13-27(41-3)14-6-23)20-24-7-15-28(42-4)16-8-24/h5-18,22,29H,19-20H2,1-4H3. The highest BCUT2D eigenvalue weighted by Crippen LogP contribution is 2.30. The molecule has 2 atom stereocenters. The van der Waals surface area contributed by atoms with Gasteiger partial charge < -0.3 is 14.2 Å². The molecule has 0 aliphatic rings. The molecular weight excluding hydrogens is 588 g/mol. The minimum atomic E-state index is -4.21. The predicted octanol–water partition coefficient (Wildman–Crippen LogP) is 5.03. The van der Waals surface area contributed by atoms with Crippen molar-refractivity contribution < 1.29 is 32.3 Å². The zero-order valence-corrected chi connectivity index (χ0v) is 25.4. The van der Waals surface area contributed by atoms with Gasteiger partial charge in [-0.1, -0.05) is 24.3 Å². The average Bonchev–Trinajstić information content (AvgIpc) is 3.04. The summed E-state index contributed by atoms with van der Waals surface area (Å²) >= 11 is 0. The van der Waals surface area contributed by atoms with Gasteiger partial charge in [0.25, 0.3) is 5.69 Å². The highest BCUT2D eigenvalue weighted by molar-refractivity contribution is 7.89. The van der Waals surface area contributed by atoms with E-state index in [0.29, 0.717) is 22.6 Å². The lowest BCUT2D eigenvalue weighted by Gasteiger charge is -2.30. The number of non-ortho nitro benzene ring substituents is 1. The van der Waals surface area contributed by atoms with E-state index < -0.39 is 32.3 Å². The molecule has 0 spiro atoms. The third-order valence-corrected chi connectivity index (χ3v) is 9.06. The molecule has 4 rings (SSSR count). The number of ether oxygens (including phenoxy) is 3. The molecule has 230 valence electrons. The zero-order valence-electron chi connectivity index (χ0n) is 24.6. The van der Waals surface area contributed by atoms with E-state index in [1.807, 2.05) is 0 Å². The SMILES string of the molecule is COc1ccc(CN(Cc2ccc(OC)cc2)S(=O)(=O)C(C)C(OC(=O)c2ccc([N+](=O)[O-])cc2)c2ncc(C)cn2)cc1. The quantitative estimate of drug-likeness (QED) is 0.113. The van der Waals surface area contributed by atoms with Gasteiger partial charge in [-0.05, 0) is 66.9 Å². The fourth-order valence-electron chi connectivity index (χ4n) is 4.31. The minimum absolute atomic E-state index is 0.00391. The minimum Gasteiger partial charge on any atom is -0.497 e. The molecule has 2 unspecified atom stereocenters. The lowest BCUT2D eigenvalue weighted by Crippen LogP contribution is -2.41. The van der Waals surface area contributed by atoms with Crippen molar-refractivity contribution in [2.24, 2.45) is 0 Å². The number of hydrogen-bond donors (Lipinski definition) is 0. The molecule has 13 heteroatoms. The van der Waals surface area contributed by atoms with Crippen molar-refractivity contribution in [1.29, 1.82) is 0 Å². The smallest absolute Gasteiger partial charge is 0.338 e. The Labute approximate surface area is 255 Å². The molecule has 0 aliphatic carbocycles. The predicted molar refractivity (Wildman–Crippen MR) is 162 cm³/mol. The molecule has 4 aromatic rings.